The smallest absolute Gasteiger partial charge is 0.261 e. The summed E-state index contributed by atoms with van der Waals surface area (Å²) in [6, 6.07) is 7.15. The number of nitrogens with one attached hydrogen (secondary N) is 1. The summed E-state index contributed by atoms with van der Waals surface area (Å²) in [5.74, 6) is 0.586. The lowest BCUT2D eigenvalue weighted by Crippen LogP contribution is -2.26. The van der Waals surface area contributed by atoms with E-state index in [-0.39, 0.29) is 5.57 Å². The van der Waals surface area contributed by atoms with Crippen LogP contribution < -0.4 is 14.8 Å². The molecule has 0 heterocycles. The second-order valence-electron chi connectivity index (χ2n) is 4.35. The van der Waals surface area contributed by atoms with Gasteiger partial charge >= 0.3 is 0 Å². The van der Waals surface area contributed by atoms with Crippen LogP contribution in [0.1, 0.15) is 12.0 Å². The molecule has 1 N–H and O–H groups in total. The fraction of sp³-hybridized carbons (Fsp3) is 0.375. The minimum absolute atomic E-state index is 0.00368. The number of benzene rings is 1. The zero-order valence-electron chi connectivity index (χ0n) is 13.0. The first-order valence-corrected chi connectivity index (χ1v) is 6.77. The topological polar surface area (TPSA) is 80.6 Å². The lowest BCUT2D eigenvalue weighted by Gasteiger charge is -2.10. The Labute approximate surface area is 130 Å². The van der Waals surface area contributed by atoms with Crippen molar-refractivity contribution < 1.29 is 19.0 Å². The number of hydrogen-bond acceptors (Lipinski definition) is 5. The zero-order valence-corrected chi connectivity index (χ0v) is 13.0. The van der Waals surface area contributed by atoms with E-state index < -0.39 is 5.91 Å². The Morgan fingerprint density at radius 1 is 1.32 bits per heavy atom. The van der Waals surface area contributed by atoms with Crippen LogP contribution in [0.5, 0.6) is 11.5 Å². The Hall–Kier alpha value is -2.52. The molecule has 0 fully saturated rings. The van der Waals surface area contributed by atoms with Crippen molar-refractivity contribution in [1.82, 2.24) is 5.32 Å². The number of amides is 1. The summed E-state index contributed by atoms with van der Waals surface area (Å²) in [5, 5.41) is 11.8. The Morgan fingerprint density at radius 2 is 2.09 bits per heavy atom. The van der Waals surface area contributed by atoms with Crippen LogP contribution in [-0.2, 0) is 9.53 Å². The highest BCUT2D eigenvalue weighted by atomic mass is 16.5. The molecular formula is C16H20N2O4. The molecule has 0 atom stereocenters. The zero-order chi connectivity index (χ0) is 16.4. The first kappa shape index (κ1) is 17.5. The quantitative estimate of drug-likeness (QED) is 0.450. The van der Waals surface area contributed by atoms with Crippen LogP contribution in [-0.4, -0.2) is 40.4 Å². The molecule has 0 radical (unpaired) electrons. The van der Waals surface area contributed by atoms with E-state index in [0.717, 1.165) is 0 Å². The Balaban J connectivity index is 2.93. The van der Waals surface area contributed by atoms with E-state index in [0.29, 0.717) is 36.6 Å². The molecule has 0 aliphatic rings. The maximum atomic E-state index is 12.0. The highest BCUT2D eigenvalue weighted by molar-refractivity contribution is 6.02. The third kappa shape index (κ3) is 4.79. The summed E-state index contributed by atoms with van der Waals surface area (Å²) in [6.07, 6.45) is 2.16. The monoisotopic (exact) mass is 304 g/mol. The van der Waals surface area contributed by atoms with Crippen LogP contribution in [0, 0.1) is 11.3 Å². The molecule has 0 spiro atoms. The van der Waals surface area contributed by atoms with Gasteiger partial charge in [0, 0.05) is 25.8 Å². The van der Waals surface area contributed by atoms with E-state index in [1.165, 1.54) is 20.3 Å². The molecule has 0 saturated carbocycles. The van der Waals surface area contributed by atoms with Crippen LogP contribution in [0.25, 0.3) is 6.08 Å². The summed E-state index contributed by atoms with van der Waals surface area (Å²) in [7, 11) is 4.63. The number of nitrogens with zero attached hydrogens (tertiary/aromatic N) is 1. The molecule has 6 heteroatoms. The predicted molar refractivity (Wildman–Crippen MR) is 82.6 cm³/mol. The molecule has 22 heavy (non-hydrogen) atoms. The molecule has 0 aromatic heterocycles. The van der Waals surface area contributed by atoms with Crippen LogP contribution >= 0.6 is 0 Å². The van der Waals surface area contributed by atoms with Crippen LogP contribution in [0.2, 0.25) is 0 Å². The maximum absolute atomic E-state index is 12.0. The van der Waals surface area contributed by atoms with E-state index >= 15 is 0 Å². The highest BCUT2D eigenvalue weighted by Gasteiger charge is 2.12. The van der Waals surface area contributed by atoms with Crippen molar-refractivity contribution in [3.05, 3.63) is 29.3 Å². The summed E-state index contributed by atoms with van der Waals surface area (Å²) in [5.41, 5.74) is 0.606. The fourth-order valence-corrected chi connectivity index (χ4v) is 1.84. The van der Waals surface area contributed by atoms with Crippen molar-refractivity contribution in [2.75, 3.05) is 34.5 Å². The van der Waals surface area contributed by atoms with E-state index in [4.69, 9.17) is 14.2 Å². The lowest BCUT2D eigenvalue weighted by atomic mass is 10.1. The largest absolute Gasteiger partial charge is 0.493 e. The molecule has 1 amide bonds. The van der Waals surface area contributed by atoms with Gasteiger partial charge < -0.3 is 19.5 Å². The first-order valence-electron chi connectivity index (χ1n) is 6.77. The number of hydrogen-bond donors (Lipinski definition) is 1. The molecule has 0 saturated heterocycles. The Morgan fingerprint density at radius 3 is 2.68 bits per heavy atom. The fourth-order valence-electron chi connectivity index (χ4n) is 1.84. The van der Waals surface area contributed by atoms with Crippen molar-refractivity contribution >= 4 is 12.0 Å². The van der Waals surface area contributed by atoms with Gasteiger partial charge in [0.1, 0.15) is 11.6 Å². The van der Waals surface area contributed by atoms with E-state index in [1.807, 2.05) is 6.07 Å². The minimum atomic E-state index is -0.427. The van der Waals surface area contributed by atoms with E-state index in [9.17, 15) is 10.1 Å². The second-order valence-corrected chi connectivity index (χ2v) is 4.35. The van der Waals surface area contributed by atoms with Gasteiger partial charge in [-0.15, -0.1) is 0 Å². The van der Waals surface area contributed by atoms with Crippen molar-refractivity contribution in [1.29, 1.82) is 5.26 Å². The second kappa shape index (κ2) is 9.42. The van der Waals surface area contributed by atoms with Crippen molar-refractivity contribution in [3.8, 4) is 17.6 Å². The number of ether oxygens (including phenoxy) is 3. The van der Waals surface area contributed by atoms with Gasteiger partial charge in [0.05, 0.1) is 14.2 Å². The number of para-hydroxylation sites is 1. The molecule has 118 valence electrons. The first-order chi connectivity index (χ1) is 10.7. The number of carbonyl (C=O) groups excluding carboxylic acids is 1. The minimum Gasteiger partial charge on any atom is -0.493 e. The lowest BCUT2D eigenvalue weighted by molar-refractivity contribution is -0.117. The molecule has 0 aliphatic carbocycles. The van der Waals surface area contributed by atoms with Gasteiger partial charge in [-0.05, 0) is 18.6 Å². The predicted octanol–water partition coefficient (Wildman–Crippen LogP) is 1.76. The molecule has 0 aliphatic heterocycles. The van der Waals surface area contributed by atoms with Gasteiger partial charge in [-0.1, -0.05) is 12.1 Å². The van der Waals surface area contributed by atoms with Gasteiger partial charge in [-0.2, -0.15) is 5.26 Å². The van der Waals surface area contributed by atoms with Gasteiger partial charge in [-0.3, -0.25) is 4.79 Å². The SMILES string of the molecule is COCCCNC(=O)/C(C#N)=C/c1cccc(OC)c1OC. The molecular weight excluding hydrogens is 284 g/mol. The molecule has 1 rings (SSSR count). The molecule has 1 aromatic rings. The molecule has 0 bridgehead atoms. The van der Waals surface area contributed by atoms with E-state index in [1.54, 1.807) is 25.3 Å². The highest BCUT2D eigenvalue weighted by Crippen LogP contribution is 2.32. The molecule has 6 nitrogen and oxygen atoms in total. The van der Waals surface area contributed by atoms with Crippen molar-refractivity contribution in [2.24, 2.45) is 0 Å². The maximum Gasteiger partial charge on any atom is 0.261 e. The number of methoxy groups -OCH3 is 3. The molecule has 0 unspecified atom stereocenters. The standard InChI is InChI=1S/C16H20N2O4/c1-20-9-5-8-18-16(19)13(11-17)10-12-6-4-7-14(21-2)15(12)22-3/h4,6-7,10H,5,8-9H2,1-3H3,(H,18,19)/b13-10+. The number of carbonyl (C=O) groups is 1. The van der Waals surface area contributed by atoms with Crippen molar-refractivity contribution in [2.45, 2.75) is 6.42 Å². The summed E-state index contributed by atoms with van der Waals surface area (Å²) in [4.78, 5) is 12.0. The van der Waals surface area contributed by atoms with E-state index in [2.05, 4.69) is 5.32 Å². The third-order valence-corrected chi connectivity index (χ3v) is 2.91. The van der Waals surface area contributed by atoms with Crippen LogP contribution in [0.15, 0.2) is 23.8 Å². The Kier molecular flexibility index (Phi) is 7.51. The van der Waals surface area contributed by atoms with Crippen LogP contribution in [0.4, 0.5) is 0 Å². The third-order valence-electron chi connectivity index (χ3n) is 2.91. The van der Waals surface area contributed by atoms with Gasteiger partial charge in [0.15, 0.2) is 11.5 Å². The van der Waals surface area contributed by atoms with Crippen molar-refractivity contribution in [3.63, 3.8) is 0 Å². The number of nitriles is 1. The normalized spacial score (nSPS) is 10.7. The average molecular weight is 304 g/mol. The van der Waals surface area contributed by atoms with Gasteiger partial charge in [0.2, 0.25) is 0 Å². The van der Waals surface area contributed by atoms with Gasteiger partial charge in [-0.25, -0.2) is 0 Å². The Bertz CT molecular complexity index is 576. The summed E-state index contributed by atoms with van der Waals surface area (Å²) in [6.45, 7) is 0.997. The van der Waals surface area contributed by atoms with Gasteiger partial charge in [0.25, 0.3) is 5.91 Å². The summed E-state index contributed by atoms with van der Waals surface area (Å²) >= 11 is 0. The summed E-state index contributed by atoms with van der Waals surface area (Å²) < 4.78 is 15.4. The number of rotatable bonds is 8. The molecule has 1 aromatic carbocycles. The average Bonchev–Trinajstić information content (AvgIpc) is 2.55. The van der Waals surface area contributed by atoms with Crippen LogP contribution in [0.3, 0.4) is 0 Å².